The summed E-state index contributed by atoms with van der Waals surface area (Å²) in [6, 6.07) is 20.0. The summed E-state index contributed by atoms with van der Waals surface area (Å²) in [4.78, 5) is 22.5. The van der Waals surface area contributed by atoms with Crippen molar-refractivity contribution in [2.24, 2.45) is 0 Å². The number of hydrogen-bond acceptors (Lipinski definition) is 4. The van der Waals surface area contributed by atoms with Crippen LogP contribution in [0, 0.1) is 0 Å². The van der Waals surface area contributed by atoms with E-state index in [2.05, 4.69) is 22.0 Å². The maximum absolute atomic E-state index is 12.9. The summed E-state index contributed by atoms with van der Waals surface area (Å²) in [7, 11) is 0. The Morgan fingerprint density at radius 1 is 0.867 bits per heavy atom. The van der Waals surface area contributed by atoms with Gasteiger partial charge in [0.2, 0.25) is 0 Å². The molecule has 3 aromatic rings. The molecule has 0 aliphatic carbocycles. The predicted molar refractivity (Wildman–Crippen MR) is 123 cm³/mol. The Morgan fingerprint density at radius 3 is 2.20 bits per heavy atom. The van der Waals surface area contributed by atoms with Gasteiger partial charge in [-0.25, -0.2) is 0 Å². The summed E-state index contributed by atoms with van der Waals surface area (Å²) in [5, 5.41) is 0.750. The SMILES string of the molecule is O=C(c1ccc(CSc2ccc(Cl)cc2)cc1)N1CCN(Cc2ccncc2)CC1. The number of halogens is 1. The molecule has 0 radical (unpaired) electrons. The number of carbonyl (C=O) groups is 1. The molecule has 1 fully saturated rings. The van der Waals surface area contributed by atoms with E-state index in [1.54, 1.807) is 11.8 Å². The number of aromatic nitrogens is 1. The highest BCUT2D eigenvalue weighted by atomic mass is 35.5. The summed E-state index contributed by atoms with van der Waals surface area (Å²) in [6.45, 7) is 4.22. The number of nitrogens with zero attached hydrogens (tertiary/aromatic N) is 3. The van der Waals surface area contributed by atoms with E-state index in [1.165, 1.54) is 16.0 Å². The van der Waals surface area contributed by atoms with Gasteiger partial charge in [-0.05, 0) is 59.7 Å². The number of thioether (sulfide) groups is 1. The van der Waals surface area contributed by atoms with Crippen LogP contribution in [0.15, 0.2) is 78.0 Å². The van der Waals surface area contributed by atoms with Crippen LogP contribution < -0.4 is 0 Å². The van der Waals surface area contributed by atoms with Gasteiger partial charge >= 0.3 is 0 Å². The minimum Gasteiger partial charge on any atom is -0.336 e. The molecule has 0 bridgehead atoms. The van der Waals surface area contributed by atoms with E-state index >= 15 is 0 Å². The standard InChI is InChI=1S/C24H24ClN3OS/c25-22-5-7-23(8-6-22)30-18-20-1-3-21(4-2-20)24(29)28-15-13-27(14-16-28)17-19-9-11-26-12-10-19/h1-12H,13-18H2. The van der Waals surface area contributed by atoms with Crippen LogP contribution >= 0.6 is 23.4 Å². The molecule has 0 spiro atoms. The number of rotatable bonds is 6. The number of amides is 1. The highest BCUT2D eigenvalue weighted by molar-refractivity contribution is 7.98. The van der Waals surface area contributed by atoms with E-state index in [-0.39, 0.29) is 5.91 Å². The Balaban J connectivity index is 1.27. The van der Waals surface area contributed by atoms with Gasteiger partial charge in [0.05, 0.1) is 0 Å². The second kappa shape index (κ2) is 10.1. The molecule has 2 aromatic carbocycles. The van der Waals surface area contributed by atoms with E-state index in [0.717, 1.165) is 49.1 Å². The Hall–Kier alpha value is -2.34. The molecule has 1 amide bonds. The molecule has 6 heteroatoms. The minimum atomic E-state index is 0.121. The number of benzene rings is 2. The average molecular weight is 438 g/mol. The van der Waals surface area contributed by atoms with Gasteiger partial charge in [0.25, 0.3) is 5.91 Å². The molecule has 0 N–H and O–H groups in total. The van der Waals surface area contributed by atoms with Crippen molar-refractivity contribution in [3.63, 3.8) is 0 Å². The summed E-state index contributed by atoms with van der Waals surface area (Å²) >= 11 is 7.70. The molecule has 1 aliphatic rings. The van der Waals surface area contributed by atoms with Crippen molar-refractivity contribution in [2.75, 3.05) is 26.2 Å². The van der Waals surface area contributed by atoms with Crippen molar-refractivity contribution in [3.05, 3.63) is 94.8 Å². The third-order valence-corrected chi connectivity index (χ3v) is 6.57. The van der Waals surface area contributed by atoms with Crippen molar-refractivity contribution < 1.29 is 4.79 Å². The Kier molecular flexibility index (Phi) is 7.05. The average Bonchev–Trinajstić information content (AvgIpc) is 2.80. The molecule has 0 unspecified atom stereocenters. The van der Waals surface area contributed by atoms with E-state index in [9.17, 15) is 4.79 Å². The third kappa shape index (κ3) is 5.63. The first-order valence-corrected chi connectivity index (χ1v) is 11.4. The lowest BCUT2D eigenvalue weighted by Crippen LogP contribution is -2.48. The first-order chi connectivity index (χ1) is 14.7. The van der Waals surface area contributed by atoms with Gasteiger partial charge in [-0.2, -0.15) is 0 Å². The third-order valence-electron chi connectivity index (χ3n) is 5.24. The maximum Gasteiger partial charge on any atom is 0.253 e. The fourth-order valence-electron chi connectivity index (χ4n) is 3.48. The first-order valence-electron chi connectivity index (χ1n) is 10.1. The van der Waals surface area contributed by atoms with Crippen LogP contribution in [0.3, 0.4) is 0 Å². The maximum atomic E-state index is 12.9. The van der Waals surface area contributed by atoms with Crippen LogP contribution in [0.4, 0.5) is 0 Å². The molecule has 1 aromatic heterocycles. The number of pyridine rings is 1. The lowest BCUT2D eigenvalue weighted by Gasteiger charge is -2.34. The molecule has 2 heterocycles. The molecule has 0 saturated carbocycles. The number of hydrogen-bond donors (Lipinski definition) is 0. The van der Waals surface area contributed by atoms with Crippen LogP contribution in [0.5, 0.6) is 0 Å². The van der Waals surface area contributed by atoms with Crippen molar-refractivity contribution in [1.82, 2.24) is 14.8 Å². The van der Waals surface area contributed by atoms with Gasteiger partial charge in [0.1, 0.15) is 0 Å². The first kappa shape index (κ1) is 20.9. The van der Waals surface area contributed by atoms with Crippen molar-refractivity contribution in [2.45, 2.75) is 17.2 Å². The second-order valence-electron chi connectivity index (χ2n) is 7.36. The molecule has 0 atom stereocenters. The van der Waals surface area contributed by atoms with E-state index in [1.807, 2.05) is 65.8 Å². The Labute approximate surface area is 186 Å². The fraction of sp³-hybridized carbons (Fsp3) is 0.250. The largest absolute Gasteiger partial charge is 0.336 e. The monoisotopic (exact) mass is 437 g/mol. The summed E-state index contributed by atoms with van der Waals surface area (Å²) < 4.78 is 0. The van der Waals surface area contributed by atoms with Crippen molar-refractivity contribution in [3.8, 4) is 0 Å². The molecule has 30 heavy (non-hydrogen) atoms. The van der Waals surface area contributed by atoms with Crippen LogP contribution in [-0.2, 0) is 12.3 Å². The van der Waals surface area contributed by atoms with Gasteiger partial charge in [0, 0.05) is 66.4 Å². The molecule has 1 aliphatic heterocycles. The Bertz CT molecular complexity index is 956. The van der Waals surface area contributed by atoms with Crippen LogP contribution in [0.1, 0.15) is 21.5 Å². The smallest absolute Gasteiger partial charge is 0.253 e. The predicted octanol–water partition coefficient (Wildman–Crippen LogP) is 4.99. The Morgan fingerprint density at radius 2 is 1.53 bits per heavy atom. The normalized spacial score (nSPS) is 14.6. The molecule has 4 rings (SSSR count). The molecule has 4 nitrogen and oxygen atoms in total. The number of piperazine rings is 1. The molecular formula is C24H24ClN3OS. The number of carbonyl (C=O) groups excluding carboxylic acids is 1. The highest BCUT2D eigenvalue weighted by Crippen LogP contribution is 2.24. The van der Waals surface area contributed by atoms with Crippen LogP contribution in [-0.4, -0.2) is 46.9 Å². The lowest BCUT2D eigenvalue weighted by atomic mass is 10.1. The van der Waals surface area contributed by atoms with E-state index < -0.39 is 0 Å². The molecule has 154 valence electrons. The zero-order valence-corrected chi connectivity index (χ0v) is 18.3. The van der Waals surface area contributed by atoms with Gasteiger partial charge < -0.3 is 4.90 Å². The fourth-order valence-corrected chi connectivity index (χ4v) is 4.46. The molecular weight excluding hydrogens is 414 g/mol. The highest BCUT2D eigenvalue weighted by Gasteiger charge is 2.22. The zero-order chi connectivity index (χ0) is 20.8. The minimum absolute atomic E-state index is 0.121. The van der Waals surface area contributed by atoms with E-state index in [0.29, 0.717) is 0 Å². The lowest BCUT2D eigenvalue weighted by molar-refractivity contribution is 0.0628. The summed E-state index contributed by atoms with van der Waals surface area (Å²) in [5.74, 6) is 0.986. The zero-order valence-electron chi connectivity index (χ0n) is 16.7. The van der Waals surface area contributed by atoms with Crippen molar-refractivity contribution in [1.29, 1.82) is 0 Å². The van der Waals surface area contributed by atoms with Crippen LogP contribution in [0.25, 0.3) is 0 Å². The van der Waals surface area contributed by atoms with Gasteiger partial charge in [-0.1, -0.05) is 23.7 Å². The second-order valence-corrected chi connectivity index (χ2v) is 8.85. The molecule has 1 saturated heterocycles. The van der Waals surface area contributed by atoms with Gasteiger partial charge in [-0.3, -0.25) is 14.7 Å². The van der Waals surface area contributed by atoms with Gasteiger partial charge in [0.15, 0.2) is 0 Å². The topological polar surface area (TPSA) is 36.4 Å². The quantitative estimate of drug-likeness (QED) is 0.509. The van der Waals surface area contributed by atoms with Gasteiger partial charge in [-0.15, -0.1) is 11.8 Å². The van der Waals surface area contributed by atoms with Crippen LogP contribution in [0.2, 0.25) is 5.02 Å². The summed E-state index contributed by atoms with van der Waals surface area (Å²) in [5.41, 5.74) is 3.23. The summed E-state index contributed by atoms with van der Waals surface area (Å²) in [6.07, 6.45) is 3.65. The van der Waals surface area contributed by atoms with Crippen molar-refractivity contribution >= 4 is 29.3 Å². The van der Waals surface area contributed by atoms with E-state index in [4.69, 9.17) is 11.6 Å².